The topological polar surface area (TPSA) is 16.1 Å². The number of nitrogens with zero attached hydrogens (tertiary/aromatic N) is 2. The fraction of sp³-hybridized carbons (Fsp3) is 0.500. The molecule has 0 radical (unpaired) electrons. The first-order valence-electron chi connectivity index (χ1n) is 4.81. The van der Waals surface area contributed by atoms with Gasteiger partial charge in [-0.2, -0.15) is 11.8 Å². The lowest BCUT2D eigenvalue weighted by Crippen LogP contribution is -2.26. The van der Waals surface area contributed by atoms with Crippen LogP contribution in [0.4, 0.5) is 5.82 Å². The molecule has 76 valence electrons. The Kier molecular flexibility index (Phi) is 3.70. The predicted molar refractivity (Wildman–Crippen MR) is 66.1 cm³/mol. The standard InChI is InChI=1S/C10H13BrN2S/c11-9-3-1-4-10(12-9)13-5-2-7-14-8-6-13/h1,3-4H,2,5-8H2. The van der Waals surface area contributed by atoms with Crippen molar-refractivity contribution in [2.75, 3.05) is 29.5 Å². The van der Waals surface area contributed by atoms with Gasteiger partial charge in [0, 0.05) is 18.8 Å². The van der Waals surface area contributed by atoms with Gasteiger partial charge in [0.15, 0.2) is 0 Å². The molecule has 0 aromatic carbocycles. The average molecular weight is 273 g/mol. The largest absolute Gasteiger partial charge is 0.356 e. The monoisotopic (exact) mass is 272 g/mol. The molecule has 0 unspecified atom stereocenters. The summed E-state index contributed by atoms with van der Waals surface area (Å²) in [5, 5.41) is 0. The molecule has 2 heterocycles. The Morgan fingerprint density at radius 3 is 3.07 bits per heavy atom. The van der Waals surface area contributed by atoms with E-state index in [2.05, 4.69) is 31.9 Å². The van der Waals surface area contributed by atoms with E-state index in [-0.39, 0.29) is 0 Å². The van der Waals surface area contributed by atoms with Gasteiger partial charge in [0.05, 0.1) is 0 Å². The number of thioether (sulfide) groups is 1. The molecular weight excluding hydrogens is 260 g/mol. The summed E-state index contributed by atoms with van der Waals surface area (Å²) < 4.78 is 0.923. The summed E-state index contributed by atoms with van der Waals surface area (Å²) in [6, 6.07) is 6.10. The number of aromatic nitrogens is 1. The minimum absolute atomic E-state index is 0.923. The third kappa shape index (κ3) is 2.64. The molecule has 0 N–H and O–H groups in total. The van der Waals surface area contributed by atoms with E-state index in [1.807, 2.05) is 23.9 Å². The van der Waals surface area contributed by atoms with Crippen molar-refractivity contribution in [3.05, 3.63) is 22.8 Å². The average Bonchev–Trinajstić information content (AvgIpc) is 2.45. The van der Waals surface area contributed by atoms with E-state index in [4.69, 9.17) is 0 Å². The second-order valence-corrected chi connectivity index (χ2v) is 5.31. The van der Waals surface area contributed by atoms with Gasteiger partial charge in [-0.1, -0.05) is 6.07 Å². The maximum atomic E-state index is 4.47. The van der Waals surface area contributed by atoms with Crippen LogP contribution in [0.15, 0.2) is 22.8 Å². The fourth-order valence-electron chi connectivity index (χ4n) is 1.55. The lowest BCUT2D eigenvalue weighted by Gasteiger charge is -2.20. The molecular formula is C10H13BrN2S. The van der Waals surface area contributed by atoms with Gasteiger partial charge < -0.3 is 4.90 Å². The summed E-state index contributed by atoms with van der Waals surface area (Å²) in [6.45, 7) is 2.25. The van der Waals surface area contributed by atoms with E-state index < -0.39 is 0 Å². The van der Waals surface area contributed by atoms with Crippen LogP contribution in [0.25, 0.3) is 0 Å². The molecule has 14 heavy (non-hydrogen) atoms. The Balaban J connectivity index is 2.12. The Labute approximate surface area is 97.2 Å². The summed E-state index contributed by atoms with van der Waals surface area (Å²) in [5.74, 6) is 3.60. The molecule has 4 heteroatoms. The molecule has 0 spiro atoms. The number of halogens is 1. The van der Waals surface area contributed by atoms with E-state index in [1.165, 1.54) is 17.9 Å². The Morgan fingerprint density at radius 1 is 1.29 bits per heavy atom. The van der Waals surface area contributed by atoms with Crippen LogP contribution in [0.3, 0.4) is 0 Å². The number of anilines is 1. The maximum absolute atomic E-state index is 4.47. The lowest BCUT2D eigenvalue weighted by molar-refractivity contribution is 0.800. The maximum Gasteiger partial charge on any atom is 0.129 e. The zero-order valence-electron chi connectivity index (χ0n) is 7.95. The van der Waals surface area contributed by atoms with E-state index in [9.17, 15) is 0 Å². The highest BCUT2D eigenvalue weighted by atomic mass is 79.9. The summed E-state index contributed by atoms with van der Waals surface area (Å²) >= 11 is 5.44. The highest BCUT2D eigenvalue weighted by molar-refractivity contribution is 9.10. The molecule has 0 aliphatic carbocycles. The van der Waals surface area contributed by atoms with Crippen LogP contribution in [0.2, 0.25) is 0 Å². The number of pyridine rings is 1. The van der Waals surface area contributed by atoms with E-state index in [1.54, 1.807) is 0 Å². The van der Waals surface area contributed by atoms with E-state index >= 15 is 0 Å². The molecule has 1 fully saturated rings. The molecule has 1 aliphatic rings. The Hall–Kier alpha value is -0.220. The van der Waals surface area contributed by atoms with E-state index in [0.29, 0.717) is 0 Å². The van der Waals surface area contributed by atoms with Gasteiger partial charge in [-0.15, -0.1) is 0 Å². The molecule has 1 aromatic rings. The summed E-state index contributed by atoms with van der Waals surface area (Å²) in [6.07, 6.45) is 1.26. The van der Waals surface area contributed by atoms with Crippen LogP contribution in [-0.4, -0.2) is 29.6 Å². The Morgan fingerprint density at radius 2 is 2.21 bits per heavy atom. The van der Waals surface area contributed by atoms with Crippen molar-refractivity contribution in [2.45, 2.75) is 6.42 Å². The van der Waals surface area contributed by atoms with Crippen molar-refractivity contribution < 1.29 is 0 Å². The van der Waals surface area contributed by atoms with Crippen LogP contribution in [0.1, 0.15) is 6.42 Å². The zero-order valence-corrected chi connectivity index (χ0v) is 10.4. The summed E-state index contributed by atoms with van der Waals surface area (Å²) in [7, 11) is 0. The van der Waals surface area contributed by atoms with Crippen LogP contribution in [0, 0.1) is 0 Å². The molecule has 2 nitrogen and oxygen atoms in total. The smallest absolute Gasteiger partial charge is 0.129 e. The number of rotatable bonds is 1. The van der Waals surface area contributed by atoms with Gasteiger partial charge in [0.2, 0.25) is 0 Å². The van der Waals surface area contributed by atoms with Gasteiger partial charge in [-0.25, -0.2) is 4.98 Å². The quantitative estimate of drug-likeness (QED) is 0.732. The molecule has 0 saturated carbocycles. The van der Waals surface area contributed by atoms with Crippen molar-refractivity contribution >= 4 is 33.5 Å². The van der Waals surface area contributed by atoms with E-state index in [0.717, 1.165) is 23.5 Å². The molecule has 1 saturated heterocycles. The van der Waals surface area contributed by atoms with Crippen molar-refractivity contribution in [1.29, 1.82) is 0 Å². The molecule has 1 aromatic heterocycles. The second-order valence-electron chi connectivity index (χ2n) is 3.27. The van der Waals surface area contributed by atoms with Crippen LogP contribution in [0.5, 0.6) is 0 Å². The fourth-order valence-corrected chi connectivity index (χ4v) is 2.77. The van der Waals surface area contributed by atoms with Gasteiger partial charge >= 0.3 is 0 Å². The third-order valence-corrected chi connectivity index (χ3v) is 3.74. The first-order chi connectivity index (χ1) is 6.86. The molecule has 0 atom stereocenters. The highest BCUT2D eigenvalue weighted by Gasteiger charge is 2.10. The predicted octanol–water partition coefficient (Wildman–Crippen LogP) is 2.79. The Bertz CT molecular complexity index is 298. The summed E-state index contributed by atoms with van der Waals surface area (Å²) in [5.41, 5.74) is 0. The van der Waals surface area contributed by atoms with Crippen molar-refractivity contribution in [1.82, 2.24) is 4.98 Å². The van der Waals surface area contributed by atoms with Crippen molar-refractivity contribution in [3.8, 4) is 0 Å². The van der Waals surface area contributed by atoms with Crippen LogP contribution < -0.4 is 4.90 Å². The molecule has 2 rings (SSSR count). The SMILES string of the molecule is Brc1cccc(N2CCCSCC2)n1. The third-order valence-electron chi connectivity index (χ3n) is 2.25. The number of hydrogen-bond donors (Lipinski definition) is 0. The minimum Gasteiger partial charge on any atom is -0.356 e. The zero-order chi connectivity index (χ0) is 9.80. The van der Waals surface area contributed by atoms with Crippen LogP contribution in [-0.2, 0) is 0 Å². The van der Waals surface area contributed by atoms with Gasteiger partial charge in [0.1, 0.15) is 10.4 Å². The van der Waals surface area contributed by atoms with Crippen LogP contribution >= 0.6 is 27.7 Å². The summed E-state index contributed by atoms with van der Waals surface area (Å²) in [4.78, 5) is 6.84. The van der Waals surface area contributed by atoms with Crippen molar-refractivity contribution in [2.24, 2.45) is 0 Å². The first-order valence-corrected chi connectivity index (χ1v) is 6.76. The highest BCUT2D eigenvalue weighted by Crippen LogP contribution is 2.18. The normalized spacial score (nSPS) is 17.9. The van der Waals surface area contributed by atoms with Gasteiger partial charge in [-0.05, 0) is 40.2 Å². The molecule has 0 bridgehead atoms. The number of hydrogen-bond acceptors (Lipinski definition) is 3. The minimum atomic E-state index is 0.923. The first kappa shape index (κ1) is 10.3. The molecule has 0 amide bonds. The second kappa shape index (κ2) is 5.03. The molecule has 1 aliphatic heterocycles. The van der Waals surface area contributed by atoms with Gasteiger partial charge in [0.25, 0.3) is 0 Å². The van der Waals surface area contributed by atoms with Crippen molar-refractivity contribution in [3.63, 3.8) is 0 Å². The van der Waals surface area contributed by atoms with Gasteiger partial charge in [-0.3, -0.25) is 0 Å². The lowest BCUT2D eigenvalue weighted by atomic mass is 10.3.